The quantitative estimate of drug-likeness (QED) is 0.425. The molecule has 0 radical (unpaired) electrons. The lowest BCUT2D eigenvalue weighted by Gasteiger charge is -2.01. The first-order valence-corrected chi connectivity index (χ1v) is 8.61. The fourth-order valence-corrected chi connectivity index (χ4v) is 2.68. The van der Waals surface area contributed by atoms with Gasteiger partial charge in [-0.05, 0) is 24.8 Å². The van der Waals surface area contributed by atoms with Gasteiger partial charge in [-0.2, -0.15) is 0 Å². The number of benzene rings is 1. The molecule has 2 heterocycles. The van der Waals surface area contributed by atoms with Crippen molar-refractivity contribution in [2.75, 3.05) is 0 Å². The molecule has 0 amide bonds. The zero-order chi connectivity index (χ0) is 17.3. The van der Waals surface area contributed by atoms with Crippen LogP contribution in [-0.4, -0.2) is 20.7 Å². The van der Waals surface area contributed by atoms with Crippen molar-refractivity contribution in [3.63, 3.8) is 0 Å². The summed E-state index contributed by atoms with van der Waals surface area (Å²) in [4.78, 5) is 24.1. The fraction of sp³-hybridized carbons (Fsp3) is 0.300. The molecule has 25 heavy (non-hydrogen) atoms. The Labute approximate surface area is 147 Å². The molecule has 0 N–H and O–H groups in total. The van der Waals surface area contributed by atoms with Gasteiger partial charge in [-0.25, -0.2) is 15.0 Å². The molecular weight excluding hydrogens is 314 g/mol. The van der Waals surface area contributed by atoms with Crippen molar-refractivity contribution < 1.29 is 9.21 Å². The average molecular weight is 335 g/mol. The number of aryl methyl sites for hydroxylation is 1. The van der Waals surface area contributed by atoms with Gasteiger partial charge in [0.25, 0.3) is 5.89 Å². The molecule has 0 aliphatic rings. The third-order valence-corrected chi connectivity index (χ3v) is 4.05. The van der Waals surface area contributed by atoms with Crippen molar-refractivity contribution in [3.05, 3.63) is 66.7 Å². The second-order valence-corrected chi connectivity index (χ2v) is 5.98. The van der Waals surface area contributed by atoms with E-state index in [0.29, 0.717) is 12.2 Å². The Morgan fingerprint density at radius 2 is 1.68 bits per heavy atom. The number of rotatable bonds is 9. The van der Waals surface area contributed by atoms with Crippen LogP contribution < -0.4 is 0 Å². The lowest BCUT2D eigenvalue weighted by molar-refractivity contribution is 0.0946. The van der Waals surface area contributed by atoms with Crippen LogP contribution in [0.25, 0.3) is 11.3 Å². The van der Waals surface area contributed by atoms with E-state index in [1.807, 2.05) is 6.07 Å². The number of hydrogen-bond donors (Lipinski definition) is 0. The molecule has 3 aromatic rings. The van der Waals surface area contributed by atoms with Crippen molar-refractivity contribution in [1.82, 2.24) is 15.0 Å². The molecule has 0 unspecified atom stereocenters. The van der Waals surface area contributed by atoms with Crippen molar-refractivity contribution in [2.24, 2.45) is 0 Å². The molecule has 0 saturated carbocycles. The van der Waals surface area contributed by atoms with Crippen molar-refractivity contribution in [2.45, 2.75) is 38.5 Å². The molecule has 0 atom stereocenters. The SMILES string of the molecule is O=C(CCCCCCc1ccccc1)c1ncc(-c2cncnc2)o1. The fourth-order valence-electron chi connectivity index (χ4n) is 2.68. The maximum absolute atomic E-state index is 12.2. The molecule has 2 aromatic heterocycles. The molecule has 0 saturated heterocycles. The van der Waals surface area contributed by atoms with E-state index in [0.717, 1.165) is 37.7 Å². The molecule has 3 rings (SSSR count). The molecule has 0 aliphatic heterocycles. The molecule has 128 valence electrons. The number of hydrogen-bond acceptors (Lipinski definition) is 5. The Hall–Kier alpha value is -2.82. The molecule has 0 spiro atoms. The Bertz CT molecular complexity index is 785. The predicted molar refractivity (Wildman–Crippen MR) is 95.1 cm³/mol. The third kappa shape index (κ3) is 5.08. The van der Waals surface area contributed by atoms with Gasteiger partial charge in [0.15, 0.2) is 5.76 Å². The number of oxazole rings is 1. The minimum Gasteiger partial charge on any atom is -0.434 e. The second-order valence-electron chi connectivity index (χ2n) is 5.98. The molecule has 0 bridgehead atoms. The third-order valence-electron chi connectivity index (χ3n) is 4.05. The van der Waals surface area contributed by atoms with Crippen LogP contribution in [-0.2, 0) is 6.42 Å². The minimum atomic E-state index is -0.0499. The standard InChI is InChI=1S/C20H21N3O2/c24-18(11-7-2-1-4-8-16-9-5-3-6-10-16)20-23-14-19(25-20)17-12-21-15-22-13-17/h3,5-6,9-10,12-15H,1-2,4,7-8,11H2. The number of unbranched alkanes of at least 4 members (excludes halogenated alkanes) is 3. The minimum absolute atomic E-state index is 0.0499. The zero-order valence-electron chi connectivity index (χ0n) is 14.1. The maximum Gasteiger partial charge on any atom is 0.263 e. The topological polar surface area (TPSA) is 68.9 Å². The lowest BCUT2D eigenvalue weighted by Crippen LogP contribution is -1.99. The Kier molecular flexibility index (Phi) is 6.04. The van der Waals surface area contributed by atoms with E-state index in [4.69, 9.17) is 4.42 Å². The van der Waals surface area contributed by atoms with Crippen LogP contribution in [0, 0.1) is 0 Å². The monoisotopic (exact) mass is 335 g/mol. The highest BCUT2D eigenvalue weighted by Crippen LogP contribution is 2.19. The summed E-state index contributed by atoms with van der Waals surface area (Å²) in [6.07, 6.45) is 12.0. The van der Waals surface area contributed by atoms with Gasteiger partial charge in [-0.15, -0.1) is 0 Å². The summed E-state index contributed by atoms with van der Waals surface area (Å²) in [5.41, 5.74) is 2.09. The van der Waals surface area contributed by atoms with E-state index in [-0.39, 0.29) is 11.7 Å². The molecule has 5 heteroatoms. The second kappa shape index (κ2) is 8.87. The van der Waals surface area contributed by atoms with Gasteiger partial charge < -0.3 is 4.42 Å². The Morgan fingerprint density at radius 3 is 2.48 bits per heavy atom. The predicted octanol–water partition coefficient (Wildman–Crippen LogP) is 4.51. The normalized spacial score (nSPS) is 10.7. The first-order chi connectivity index (χ1) is 12.3. The lowest BCUT2D eigenvalue weighted by atomic mass is 10.0. The van der Waals surface area contributed by atoms with E-state index < -0.39 is 0 Å². The number of nitrogens with zero attached hydrogens (tertiary/aromatic N) is 3. The van der Waals surface area contributed by atoms with E-state index in [2.05, 4.69) is 39.2 Å². The summed E-state index contributed by atoms with van der Waals surface area (Å²) < 4.78 is 5.53. The summed E-state index contributed by atoms with van der Waals surface area (Å²) in [6.45, 7) is 0. The first-order valence-electron chi connectivity index (χ1n) is 8.61. The van der Waals surface area contributed by atoms with Gasteiger partial charge in [0.2, 0.25) is 5.78 Å². The summed E-state index contributed by atoms with van der Waals surface area (Å²) in [5.74, 6) is 0.640. The van der Waals surface area contributed by atoms with Gasteiger partial charge in [-0.1, -0.05) is 43.2 Å². The van der Waals surface area contributed by atoms with Crippen LogP contribution in [0.4, 0.5) is 0 Å². The average Bonchev–Trinajstić information content (AvgIpc) is 3.16. The highest BCUT2D eigenvalue weighted by molar-refractivity contribution is 5.91. The Morgan fingerprint density at radius 1 is 0.920 bits per heavy atom. The van der Waals surface area contributed by atoms with E-state index >= 15 is 0 Å². The largest absolute Gasteiger partial charge is 0.434 e. The van der Waals surface area contributed by atoms with E-state index in [9.17, 15) is 4.79 Å². The van der Waals surface area contributed by atoms with Crippen LogP contribution >= 0.6 is 0 Å². The summed E-state index contributed by atoms with van der Waals surface area (Å²) >= 11 is 0. The number of ketones is 1. The van der Waals surface area contributed by atoms with Gasteiger partial charge in [-0.3, -0.25) is 4.79 Å². The van der Waals surface area contributed by atoms with Crippen LogP contribution in [0.15, 0.2) is 59.7 Å². The van der Waals surface area contributed by atoms with Crippen molar-refractivity contribution in [3.8, 4) is 11.3 Å². The number of Topliss-reactive ketones (excluding diaryl/α,β-unsaturated/α-hetero) is 1. The molecule has 1 aromatic carbocycles. The number of carbonyl (C=O) groups is 1. The van der Waals surface area contributed by atoms with E-state index in [1.54, 1.807) is 18.6 Å². The molecular formula is C20H21N3O2. The first kappa shape index (κ1) is 17.0. The highest BCUT2D eigenvalue weighted by atomic mass is 16.4. The smallest absolute Gasteiger partial charge is 0.263 e. The molecule has 0 fully saturated rings. The summed E-state index contributed by atoms with van der Waals surface area (Å²) in [6, 6.07) is 10.5. The van der Waals surface area contributed by atoms with Gasteiger partial charge in [0.1, 0.15) is 6.33 Å². The van der Waals surface area contributed by atoms with Crippen LogP contribution in [0.3, 0.4) is 0 Å². The van der Waals surface area contributed by atoms with E-state index in [1.165, 1.54) is 11.9 Å². The van der Waals surface area contributed by atoms with Crippen LogP contribution in [0.5, 0.6) is 0 Å². The van der Waals surface area contributed by atoms with Crippen molar-refractivity contribution in [1.29, 1.82) is 0 Å². The van der Waals surface area contributed by atoms with Crippen LogP contribution in [0.1, 0.15) is 48.4 Å². The summed E-state index contributed by atoms with van der Waals surface area (Å²) in [5, 5.41) is 0. The van der Waals surface area contributed by atoms with Crippen LogP contribution in [0.2, 0.25) is 0 Å². The molecule has 0 aliphatic carbocycles. The Balaban J connectivity index is 1.37. The highest BCUT2D eigenvalue weighted by Gasteiger charge is 2.14. The number of aromatic nitrogens is 3. The van der Waals surface area contributed by atoms with Gasteiger partial charge in [0.05, 0.1) is 11.8 Å². The summed E-state index contributed by atoms with van der Waals surface area (Å²) in [7, 11) is 0. The van der Waals surface area contributed by atoms with Gasteiger partial charge >= 0.3 is 0 Å². The zero-order valence-corrected chi connectivity index (χ0v) is 14.1. The molecule has 5 nitrogen and oxygen atoms in total. The number of carbonyl (C=O) groups excluding carboxylic acids is 1. The maximum atomic E-state index is 12.2. The van der Waals surface area contributed by atoms with Crippen molar-refractivity contribution >= 4 is 5.78 Å². The van der Waals surface area contributed by atoms with Gasteiger partial charge in [0, 0.05) is 18.8 Å².